The van der Waals surface area contributed by atoms with Crippen LogP contribution in [0.4, 0.5) is 17.6 Å². The van der Waals surface area contributed by atoms with Gasteiger partial charge in [0.1, 0.15) is 5.82 Å². The summed E-state index contributed by atoms with van der Waals surface area (Å²) in [5.41, 5.74) is -6.36. The molecule has 0 aliphatic heterocycles. The number of alkyl halides is 3. The molecule has 0 fully saturated rings. The zero-order valence-corrected chi connectivity index (χ0v) is 12.4. The van der Waals surface area contributed by atoms with E-state index >= 15 is 0 Å². The molecule has 0 aliphatic rings. The molecule has 0 saturated heterocycles. The molecular weight excluding hydrogens is 332 g/mol. The maximum Gasteiger partial charge on any atom is 0.416 e. The first kappa shape index (κ1) is 19.4. The minimum absolute atomic E-state index is 0.334. The maximum atomic E-state index is 14.1. The second-order valence-electron chi connectivity index (χ2n) is 4.95. The van der Waals surface area contributed by atoms with Crippen LogP contribution in [-0.4, -0.2) is 22.2 Å². The van der Waals surface area contributed by atoms with Gasteiger partial charge in [-0.1, -0.05) is 12.2 Å². The number of hydrogen-bond acceptors (Lipinski definition) is 2. The van der Waals surface area contributed by atoms with Gasteiger partial charge >= 0.3 is 18.1 Å². The lowest BCUT2D eigenvalue weighted by Gasteiger charge is -2.29. The average molecular weight is 346 g/mol. The summed E-state index contributed by atoms with van der Waals surface area (Å²) < 4.78 is 54.1. The number of benzene rings is 1. The van der Waals surface area contributed by atoms with Crippen molar-refractivity contribution >= 4 is 11.9 Å². The molecule has 0 radical (unpaired) electrons. The Hall–Kier alpha value is -2.64. The second kappa shape index (κ2) is 6.86. The molecule has 1 aromatic rings. The molecule has 0 aromatic heterocycles. The van der Waals surface area contributed by atoms with E-state index in [2.05, 4.69) is 13.2 Å². The Morgan fingerprint density at radius 2 is 1.62 bits per heavy atom. The molecule has 0 amide bonds. The summed E-state index contributed by atoms with van der Waals surface area (Å²) in [5, 5.41) is 18.8. The van der Waals surface area contributed by atoms with Crippen LogP contribution >= 0.6 is 0 Å². The zero-order valence-electron chi connectivity index (χ0n) is 12.4. The average Bonchev–Trinajstić information content (AvgIpc) is 2.45. The third-order valence-electron chi connectivity index (χ3n) is 3.52. The monoisotopic (exact) mass is 346 g/mol. The zero-order chi connectivity index (χ0) is 18.7. The van der Waals surface area contributed by atoms with Gasteiger partial charge in [-0.15, -0.1) is 13.2 Å². The minimum atomic E-state index is -5.07. The van der Waals surface area contributed by atoms with Crippen LogP contribution in [0.25, 0.3) is 0 Å². The molecular formula is C16H14F4O4. The summed E-state index contributed by atoms with van der Waals surface area (Å²) in [7, 11) is 0. The van der Waals surface area contributed by atoms with Crippen LogP contribution < -0.4 is 0 Å². The first-order valence-electron chi connectivity index (χ1n) is 6.61. The van der Waals surface area contributed by atoms with Crippen molar-refractivity contribution in [2.24, 2.45) is 0 Å². The second-order valence-corrected chi connectivity index (χ2v) is 4.95. The fourth-order valence-electron chi connectivity index (χ4n) is 2.49. The van der Waals surface area contributed by atoms with Crippen molar-refractivity contribution in [1.29, 1.82) is 0 Å². The van der Waals surface area contributed by atoms with Crippen molar-refractivity contribution in [3.8, 4) is 0 Å². The van der Waals surface area contributed by atoms with E-state index in [-0.39, 0.29) is 0 Å². The number of carboxylic acid groups (broad SMARTS) is 2. The number of carboxylic acids is 2. The lowest BCUT2D eigenvalue weighted by atomic mass is 9.72. The summed E-state index contributed by atoms with van der Waals surface area (Å²) in [6.45, 7) is 6.49. The number of carbonyl (C=O) groups is 2. The molecule has 4 nitrogen and oxygen atoms in total. The highest BCUT2D eigenvalue weighted by molar-refractivity contribution is 6.05. The molecule has 0 bridgehead atoms. The summed E-state index contributed by atoms with van der Waals surface area (Å²) >= 11 is 0. The van der Waals surface area contributed by atoms with E-state index in [1.54, 1.807) is 0 Å². The molecule has 0 atom stereocenters. The van der Waals surface area contributed by atoms with E-state index in [9.17, 15) is 37.4 Å². The predicted octanol–water partition coefficient (Wildman–Crippen LogP) is 3.56. The summed E-state index contributed by atoms with van der Waals surface area (Å²) in [4.78, 5) is 23.3. The molecule has 130 valence electrons. The molecule has 1 rings (SSSR count). The largest absolute Gasteiger partial charge is 0.480 e. The van der Waals surface area contributed by atoms with Crippen LogP contribution in [0.3, 0.4) is 0 Å². The standard InChI is InChI=1S/C16H14F4O4/c1-3-5-9-11(17)7-6-10(16(18,19)20)12(9)15(8-4-2,13(21)22)14(23)24/h3-4,6-7H,1-2,5,8H2,(H,21,22)(H,23,24). The molecule has 0 unspecified atom stereocenters. The van der Waals surface area contributed by atoms with Crippen molar-refractivity contribution in [3.05, 3.63) is 60.0 Å². The number of aliphatic carboxylic acids is 2. The van der Waals surface area contributed by atoms with Gasteiger partial charge in [0.25, 0.3) is 0 Å². The molecule has 0 spiro atoms. The van der Waals surface area contributed by atoms with Gasteiger partial charge in [0.05, 0.1) is 5.56 Å². The van der Waals surface area contributed by atoms with Crippen molar-refractivity contribution < 1.29 is 37.4 Å². The predicted molar refractivity (Wildman–Crippen MR) is 77.1 cm³/mol. The summed E-state index contributed by atoms with van der Waals surface area (Å²) in [6, 6.07) is 0.856. The summed E-state index contributed by atoms with van der Waals surface area (Å²) in [5.74, 6) is -5.23. The van der Waals surface area contributed by atoms with Gasteiger partial charge in [-0.05, 0) is 36.1 Å². The Kier molecular flexibility index (Phi) is 5.54. The van der Waals surface area contributed by atoms with Gasteiger partial charge < -0.3 is 10.2 Å². The Labute approximate surface area is 134 Å². The van der Waals surface area contributed by atoms with Crippen LogP contribution in [0.1, 0.15) is 23.1 Å². The van der Waals surface area contributed by atoms with Crippen molar-refractivity contribution in [1.82, 2.24) is 0 Å². The molecule has 0 heterocycles. The highest BCUT2D eigenvalue weighted by atomic mass is 19.4. The van der Waals surface area contributed by atoms with Crippen molar-refractivity contribution in [2.75, 3.05) is 0 Å². The van der Waals surface area contributed by atoms with Crippen LogP contribution in [0.2, 0.25) is 0 Å². The molecule has 0 aliphatic carbocycles. The Morgan fingerprint density at radius 3 is 2.00 bits per heavy atom. The Morgan fingerprint density at radius 1 is 1.08 bits per heavy atom. The molecule has 0 saturated carbocycles. The van der Waals surface area contributed by atoms with E-state index in [1.165, 1.54) is 0 Å². The van der Waals surface area contributed by atoms with Gasteiger partial charge in [0, 0.05) is 0 Å². The summed E-state index contributed by atoms with van der Waals surface area (Å²) in [6.07, 6.45) is -4.47. The van der Waals surface area contributed by atoms with E-state index < -0.39 is 58.9 Å². The SMILES string of the molecule is C=CCc1c(F)ccc(C(F)(F)F)c1C(CC=C)(C(=O)O)C(=O)O. The number of hydrogen-bond donors (Lipinski definition) is 2. The van der Waals surface area contributed by atoms with E-state index in [1.807, 2.05) is 0 Å². The fraction of sp³-hybridized carbons (Fsp3) is 0.250. The van der Waals surface area contributed by atoms with Crippen LogP contribution in [0, 0.1) is 5.82 Å². The third-order valence-corrected chi connectivity index (χ3v) is 3.52. The smallest absolute Gasteiger partial charge is 0.416 e. The van der Waals surface area contributed by atoms with Crippen LogP contribution in [-0.2, 0) is 27.6 Å². The van der Waals surface area contributed by atoms with Crippen LogP contribution in [0.15, 0.2) is 37.4 Å². The Balaban J connectivity index is 4.08. The fourth-order valence-corrected chi connectivity index (χ4v) is 2.49. The quantitative estimate of drug-likeness (QED) is 0.450. The van der Waals surface area contributed by atoms with Gasteiger partial charge in [-0.3, -0.25) is 9.59 Å². The van der Waals surface area contributed by atoms with E-state index in [0.717, 1.165) is 12.2 Å². The van der Waals surface area contributed by atoms with E-state index in [0.29, 0.717) is 12.1 Å². The highest BCUT2D eigenvalue weighted by Crippen LogP contribution is 2.43. The van der Waals surface area contributed by atoms with Crippen molar-refractivity contribution in [2.45, 2.75) is 24.4 Å². The van der Waals surface area contributed by atoms with E-state index in [4.69, 9.17) is 0 Å². The first-order chi connectivity index (χ1) is 11.0. The minimum Gasteiger partial charge on any atom is -0.480 e. The topological polar surface area (TPSA) is 74.6 Å². The Bertz CT molecular complexity index is 678. The molecule has 2 N–H and O–H groups in total. The van der Waals surface area contributed by atoms with Gasteiger partial charge in [0.15, 0.2) is 5.41 Å². The normalized spacial score (nSPS) is 11.8. The van der Waals surface area contributed by atoms with Gasteiger partial charge in [0.2, 0.25) is 0 Å². The first-order valence-corrected chi connectivity index (χ1v) is 6.61. The van der Waals surface area contributed by atoms with Crippen molar-refractivity contribution in [3.63, 3.8) is 0 Å². The number of rotatable bonds is 7. The lowest BCUT2D eigenvalue weighted by molar-refractivity contribution is -0.158. The van der Waals surface area contributed by atoms with Gasteiger partial charge in [-0.2, -0.15) is 13.2 Å². The van der Waals surface area contributed by atoms with Gasteiger partial charge in [-0.25, -0.2) is 4.39 Å². The highest BCUT2D eigenvalue weighted by Gasteiger charge is 2.53. The molecule has 8 heteroatoms. The lowest BCUT2D eigenvalue weighted by Crippen LogP contribution is -2.46. The molecule has 24 heavy (non-hydrogen) atoms. The third kappa shape index (κ3) is 3.17. The maximum absolute atomic E-state index is 14.1. The number of allylic oxidation sites excluding steroid dienone is 2. The molecule has 1 aromatic carbocycles. The van der Waals surface area contributed by atoms with Crippen LogP contribution in [0.5, 0.6) is 0 Å². The number of halogens is 4.